The minimum absolute atomic E-state index is 0.207. The van der Waals surface area contributed by atoms with Gasteiger partial charge in [0.15, 0.2) is 0 Å². The lowest BCUT2D eigenvalue weighted by atomic mass is 9.99. The first-order chi connectivity index (χ1) is 16.7. The lowest BCUT2D eigenvalue weighted by molar-refractivity contribution is 0.392. The smallest absolute Gasteiger partial charge is 0.115 e. The van der Waals surface area contributed by atoms with Crippen molar-refractivity contribution in [2.75, 3.05) is 18.0 Å². The molecule has 3 aromatic rings. The van der Waals surface area contributed by atoms with Crippen LogP contribution in [0.15, 0.2) is 112 Å². The third kappa shape index (κ3) is 4.22. The molecule has 6 nitrogen and oxygen atoms in total. The summed E-state index contributed by atoms with van der Waals surface area (Å²) in [7, 11) is 0. The lowest BCUT2D eigenvalue weighted by Gasteiger charge is -2.36. The van der Waals surface area contributed by atoms with Crippen molar-refractivity contribution in [3.05, 3.63) is 96.3 Å². The SMILES string of the molecule is CCN(CC)C1=CCC2=Nc3ccc(N=Nc4ccc(O)cc4)cc3N(c3ccccc3)C2=C1. The van der Waals surface area contributed by atoms with Crippen molar-refractivity contribution in [2.24, 2.45) is 15.2 Å². The molecule has 0 fully saturated rings. The van der Waals surface area contributed by atoms with Gasteiger partial charge in [0.1, 0.15) is 5.75 Å². The average Bonchev–Trinajstić information content (AvgIpc) is 2.88. The lowest BCUT2D eigenvalue weighted by Crippen LogP contribution is -2.30. The Bertz CT molecular complexity index is 1300. The Labute approximate surface area is 199 Å². The topological polar surface area (TPSA) is 63.8 Å². The third-order valence-corrected chi connectivity index (χ3v) is 6.05. The van der Waals surface area contributed by atoms with Gasteiger partial charge in [0.25, 0.3) is 0 Å². The molecule has 0 saturated carbocycles. The zero-order valence-electron chi connectivity index (χ0n) is 19.4. The van der Waals surface area contributed by atoms with Crippen LogP contribution in [-0.4, -0.2) is 28.8 Å². The van der Waals surface area contributed by atoms with E-state index in [1.54, 1.807) is 24.3 Å². The Morgan fingerprint density at radius 3 is 2.35 bits per heavy atom. The second-order valence-corrected chi connectivity index (χ2v) is 8.15. The molecule has 3 aromatic carbocycles. The molecule has 34 heavy (non-hydrogen) atoms. The number of phenolic OH excluding ortho intramolecular Hbond substituents is 1. The van der Waals surface area contributed by atoms with Gasteiger partial charge < -0.3 is 14.9 Å². The number of anilines is 2. The standard InChI is InChI=1S/C28H27N5O/c1-3-32(4-2)23-13-17-26-28(19-23)33(22-8-6-5-7-9-22)27-18-21(12-16-25(27)29-26)31-30-20-10-14-24(34)15-11-20/h5-16,18-19,34H,3-4,17H2,1-2H3. The highest BCUT2D eigenvalue weighted by Gasteiger charge is 2.29. The summed E-state index contributed by atoms with van der Waals surface area (Å²) in [5.41, 5.74) is 7.77. The molecule has 1 heterocycles. The van der Waals surface area contributed by atoms with Gasteiger partial charge >= 0.3 is 0 Å². The number of rotatable bonds is 6. The molecule has 6 heteroatoms. The van der Waals surface area contributed by atoms with Crippen LogP contribution >= 0.6 is 0 Å². The molecule has 2 aliphatic rings. The summed E-state index contributed by atoms with van der Waals surface area (Å²) in [4.78, 5) is 9.64. The van der Waals surface area contributed by atoms with E-state index in [1.807, 2.05) is 24.3 Å². The number of hydrogen-bond acceptors (Lipinski definition) is 6. The van der Waals surface area contributed by atoms with Crippen LogP contribution in [0.5, 0.6) is 5.75 Å². The van der Waals surface area contributed by atoms with E-state index >= 15 is 0 Å². The average molecular weight is 450 g/mol. The van der Waals surface area contributed by atoms with Crippen molar-refractivity contribution in [3.63, 3.8) is 0 Å². The number of allylic oxidation sites excluding steroid dienone is 3. The zero-order chi connectivity index (χ0) is 23.5. The number of phenols is 1. The van der Waals surface area contributed by atoms with Gasteiger partial charge in [0, 0.05) is 30.9 Å². The summed E-state index contributed by atoms with van der Waals surface area (Å²) in [6, 6.07) is 23.0. The number of azo groups is 1. The highest BCUT2D eigenvalue weighted by atomic mass is 16.3. The first-order valence-electron chi connectivity index (χ1n) is 11.6. The van der Waals surface area contributed by atoms with E-state index in [2.05, 4.69) is 70.3 Å². The van der Waals surface area contributed by atoms with Crippen LogP contribution in [0, 0.1) is 0 Å². The molecule has 0 amide bonds. The molecule has 170 valence electrons. The molecule has 0 spiro atoms. The number of nitrogens with zero attached hydrogens (tertiary/aromatic N) is 5. The Morgan fingerprint density at radius 2 is 1.62 bits per heavy atom. The van der Waals surface area contributed by atoms with Gasteiger partial charge in [-0.2, -0.15) is 10.2 Å². The number of aliphatic imine (C=N–C) groups is 1. The molecular formula is C28H27N5O. The quantitative estimate of drug-likeness (QED) is 0.395. The van der Waals surface area contributed by atoms with Gasteiger partial charge in [0.2, 0.25) is 0 Å². The second kappa shape index (κ2) is 9.35. The maximum Gasteiger partial charge on any atom is 0.115 e. The summed E-state index contributed by atoms with van der Waals surface area (Å²) < 4.78 is 0. The van der Waals surface area contributed by atoms with Crippen LogP contribution in [0.25, 0.3) is 0 Å². The predicted octanol–water partition coefficient (Wildman–Crippen LogP) is 7.55. The molecular weight excluding hydrogens is 422 g/mol. The van der Waals surface area contributed by atoms with Crippen molar-refractivity contribution in [1.29, 1.82) is 0 Å². The minimum atomic E-state index is 0.207. The van der Waals surface area contributed by atoms with E-state index in [9.17, 15) is 5.11 Å². The molecule has 1 aliphatic heterocycles. The fourth-order valence-electron chi connectivity index (χ4n) is 4.31. The molecule has 5 rings (SSSR count). The van der Waals surface area contributed by atoms with E-state index in [1.165, 1.54) is 5.70 Å². The molecule has 0 unspecified atom stereocenters. The summed E-state index contributed by atoms with van der Waals surface area (Å²) in [5.74, 6) is 0.207. The Morgan fingerprint density at radius 1 is 0.912 bits per heavy atom. The van der Waals surface area contributed by atoms with Gasteiger partial charge in [-0.3, -0.25) is 0 Å². The van der Waals surface area contributed by atoms with E-state index < -0.39 is 0 Å². The second-order valence-electron chi connectivity index (χ2n) is 8.15. The highest BCUT2D eigenvalue weighted by molar-refractivity contribution is 6.12. The van der Waals surface area contributed by atoms with Crippen LogP contribution < -0.4 is 4.90 Å². The maximum atomic E-state index is 9.49. The predicted molar refractivity (Wildman–Crippen MR) is 138 cm³/mol. The molecule has 1 aliphatic carbocycles. The Hall–Kier alpha value is -4.19. The van der Waals surface area contributed by atoms with Gasteiger partial charge in [-0.1, -0.05) is 24.3 Å². The molecule has 1 N–H and O–H groups in total. The summed E-state index contributed by atoms with van der Waals surface area (Å²) in [6.45, 7) is 6.29. The molecule has 0 radical (unpaired) electrons. The molecule has 0 aromatic heterocycles. The van der Waals surface area contributed by atoms with Gasteiger partial charge in [-0.25, -0.2) is 4.99 Å². The summed E-state index contributed by atoms with van der Waals surface area (Å²) >= 11 is 0. The van der Waals surface area contributed by atoms with Crippen LogP contribution in [0.3, 0.4) is 0 Å². The van der Waals surface area contributed by atoms with Crippen molar-refractivity contribution in [3.8, 4) is 5.75 Å². The number of benzene rings is 3. The minimum Gasteiger partial charge on any atom is -0.508 e. The van der Waals surface area contributed by atoms with Crippen LogP contribution in [0.4, 0.5) is 28.4 Å². The number of hydrogen-bond donors (Lipinski definition) is 1. The van der Waals surface area contributed by atoms with E-state index in [-0.39, 0.29) is 5.75 Å². The normalized spacial score (nSPS) is 14.8. The molecule has 0 saturated heterocycles. The maximum absolute atomic E-state index is 9.49. The first kappa shape index (κ1) is 21.6. The van der Waals surface area contributed by atoms with Gasteiger partial charge in [-0.15, -0.1) is 0 Å². The van der Waals surface area contributed by atoms with Gasteiger partial charge in [0.05, 0.1) is 34.2 Å². The molecule has 0 bridgehead atoms. The van der Waals surface area contributed by atoms with Crippen LogP contribution in [0.1, 0.15) is 20.3 Å². The highest BCUT2D eigenvalue weighted by Crippen LogP contribution is 2.45. The number of likely N-dealkylation sites (N-methyl/N-ethyl adjacent to an activating group) is 1. The Balaban J connectivity index is 1.58. The first-order valence-corrected chi connectivity index (χ1v) is 11.6. The van der Waals surface area contributed by atoms with E-state index in [0.717, 1.165) is 53.7 Å². The van der Waals surface area contributed by atoms with E-state index in [0.29, 0.717) is 5.69 Å². The van der Waals surface area contributed by atoms with Crippen LogP contribution in [-0.2, 0) is 0 Å². The number of fused-ring (bicyclic) bond motifs is 2. The fraction of sp³-hybridized carbons (Fsp3) is 0.179. The van der Waals surface area contributed by atoms with Crippen molar-refractivity contribution >= 4 is 34.1 Å². The number of aromatic hydroxyl groups is 1. The third-order valence-electron chi connectivity index (χ3n) is 6.05. The monoisotopic (exact) mass is 449 g/mol. The fourth-order valence-corrected chi connectivity index (χ4v) is 4.31. The van der Waals surface area contributed by atoms with Crippen molar-refractivity contribution in [2.45, 2.75) is 20.3 Å². The summed E-state index contributed by atoms with van der Waals surface area (Å²) in [6.07, 6.45) is 5.31. The van der Waals surface area contributed by atoms with Gasteiger partial charge in [-0.05, 0) is 74.5 Å². The summed E-state index contributed by atoms with van der Waals surface area (Å²) in [5, 5.41) is 18.3. The largest absolute Gasteiger partial charge is 0.508 e. The van der Waals surface area contributed by atoms with E-state index in [4.69, 9.17) is 4.99 Å². The Kier molecular flexibility index (Phi) is 5.95. The van der Waals surface area contributed by atoms with Crippen LogP contribution in [0.2, 0.25) is 0 Å². The number of para-hydroxylation sites is 1. The van der Waals surface area contributed by atoms with Crippen molar-refractivity contribution in [1.82, 2.24) is 4.90 Å². The van der Waals surface area contributed by atoms with Crippen molar-refractivity contribution < 1.29 is 5.11 Å². The molecule has 0 atom stereocenters. The zero-order valence-corrected chi connectivity index (χ0v) is 19.4.